The van der Waals surface area contributed by atoms with Gasteiger partial charge in [0.1, 0.15) is 0 Å². The van der Waals surface area contributed by atoms with Gasteiger partial charge in [0.2, 0.25) is 10.0 Å². The summed E-state index contributed by atoms with van der Waals surface area (Å²) in [7, 11) is -3.94. The molecule has 11 heteroatoms. The molecule has 0 aliphatic carbocycles. The normalized spacial score (nSPS) is 19.7. The van der Waals surface area contributed by atoms with Crippen LogP contribution in [0.15, 0.2) is 41.3 Å². The highest BCUT2D eigenvalue weighted by molar-refractivity contribution is 7.92. The smallest absolute Gasteiger partial charge is 0.254 e. The van der Waals surface area contributed by atoms with E-state index >= 15 is 0 Å². The lowest BCUT2D eigenvalue weighted by Gasteiger charge is -2.29. The fraction of sp³-hybridized carbons (Fsp3) is 0.409. The summed E-state index contributed by atoms with van der Waals surface area (Å²) in [6.45, 7) is 0.936. The number of hydrogen-bond donors (Lipinski definition) is 1. The average molecular weight is 495 g/mol. The van der Waals surface area contributed by atoms with Crippen molar-refractivity contribution in [2.45, 2.75) is 30.3 Å². The van der Waals surface area contributed by atoms with Gasteiger partial charge in [0.15, 0.2) is 21.3 Å². The number of sulfonamides is 1. The zero-order chi connectivity index (χ0) is 23.8. The summed E-state index contributed by atoms with van der Waals surface area (Å²) in [6, 6.07) is 8.86. The van der Waals surface area contributed by atoms with Gasteiger partial charge < -0.3 is 14.4 Å². The zero-order valence-electron chi connectivity index (χ0n) is 18.4. The molecule has 178 valence electrons. The average Bonchev–Trinajstić information content (AvgIpc) is 3.14. The van der Waals surface area contributed by atoms with Gasteiger partial charge in [-0.25, -0.2) is 21.6 Å². The molecule has 0 aromatic heterocycles. The second kappa shape index (κ2) is 8.96. The van der Waals surface area contributed by atoms with Gasteiger partial charge >= 0.3 is 0 Å². The van der Waals surface area contributed by atoms with Crippen LogP contribution in [0.3, 0.4) is 0 Å². The highest BCUT2D eigenvalue weighted by atomic mass is 32.2. The van der Waals surface area contributed by atoms with Gasteiger partial charge in [-0.05, 0) is 60.4 Å². The maximum atomic E-state index is 13.0. The van der Waals surface area contributed by atoms with Crippen LogP contribution in [-0.2, 0) is 32.8 Å². The van der Waals surface area contributed by atoms with E-state index in [0.717, 1.165) is 11.1 Å². The first kappa shape index (κ1) is 23.5. The number of nitrogens with zero attached hydrogens (tertiary/aromatic N) is 1. The third-order valence-electron chi connectivity index (χ3n) is 5.97. The number of amides is 1. The number of fused-ring (bicyclic) bond motifs is 1. The van der Waals surface area contributed by atoms with Gasteiger partial charge in [-0.3, -0.25) is 4.79 Å². The molecule has 9 nitrogen and oxygen atoms in total. The standard InChI is InChI=1S/C22H26N2O7S2/c1-30-20-11-16-7-9-24(13-17(16)12-21(20)31-2)22(25)15-3-5-19(6-4-15)33(28,29)23-18-8-10-32(26,27)14-18/h3-6,11-12,18,23H,7-10,13-14H2,1-2H3. The molecule has 1 atom stereocenters. The molecule has 1 N–H and O–H groups in total. The minimum Gasteiger partial charge on any atom is -0.493 e. The quantitative estimate of drug-likeness (QED) is 0.644. The SMILES string of the molecule is COc1cc2c(cc1OC)CN(C(=O)c1ccc(S(=O)(=O)NC3CCS(=O)(=O)C3)cc1)CC2. The zero-order valence-corrected chi connectivity index (χ0v) is 20.0. The molecule has 2 heterocycles. The number of carbonyl (C=O) groups excluding carboxylic acids is 1. The Morgan fingerprint density at radius 1 is 1.06 bits per heavy atom. The Labute approximate surface area is 193 Å². The summed E-state index contributed by atoms with van der Waals surface area (Å²) < 4.78 is 61.5. The lowest BCUT2D eigenvalue weighted by molar-refractivity contribution is 0.0734. The lowest BCUT2D eigenvalue weighted by Crippen LogP contribution is -2.36. The van der Waals surface area contributed by atoms with Gasteiger partial charge in [-0.15, -0.1) is 0 Å². The molecule has 0 spiro atoms. The third kappa shape index (κ3) is 4.99. The summed E-state index contributed by atoms with van der Waals surface area (Å²) in [5.74, 6) is 0.828. The number of carbonyl (C=O) groups is 1. The van der Waals surface area contributed by atoms with Crippen LogP contribution in [-0.4, -0.2) is 66.0 Å². The first-order chi connectivity index (χ1) is 15.6. The molecule has 0 bridgehead atoms. The molecule has 0 saturated carbocycles. The first-order valence-corrected chi connectivity index (χ1v) is 13.8. The van der Waals surface area contributed by atoms with Crippen molar-refractivity contribution >= 4 is 25.8 Å². The van der Waals surface area contributed by atoms with Crippen LogP contribution in [0.25, 0.3) is 0 Å². The summed E-state index contributed by atoms with van der Waals surface area (Å²) in [5.41, 5.74) is 2.45. The molecular formula is C22H26N2O7S2. The predicted octanol–water partition coefficient (Wildman–Crippen LogP) is 1.37. The molecule has 1 saturated heterocycles. The van der Waals surface area contributed by atoms with E-state index in [1.165, 1.54) is 24.3 Å². The van der Waals surface area contributed by atoms with Crippen LogP contribution in [0, 0.1) is 0 Å². The topological polar surface area (TPSA) is 119 Å². The van der Waals surface area contributed by atoms with Gasteiger partial charge in [0.25, 0.3) is 5.91 Å². The molecule has 2 aliphatic heterocycles. The first-order valence-electron chi connectivity index (χ1n) is 10.5. The molecule has 33 heavy (non-hydrogen) atoms. The summed E-state index contributed by atoms with van der Waals surface area (Å²) in [5, 5.41) is 0. The monoisotopic (exact) mass is 494 g/mol. The minimum atomic E-state index is -3.88. The molecule has 1 fully saturated rings. The van der Waals surface area contributed by atoms with Crippen LogP contribution in [0.5, 0.6) is 11.5 Å². The van der Waals surface area contributed by atoms with E-state index < -0.39 is 25.9 Å². The Morgan fingerprint density at radius 2 is 1.70 bits per heavy atom. The number of nitrogens with one attached hydrogen (secondary N) is 1. The summed E-state index contributed by atoms with van der Waals surface area (Å²) in [6.07, 6.45) is 0.924. The predicted molar refractivity (Wildman–Crippen MR) is 122 cm³/mol. The molecule has 2 aromatic carbocycles. The van der Waals surface area contributed by atoms with Crippen molar-refractivity contribution < 1.29 is 31.1 Å². The largest absolute Gasteiger partial charge is 0.493 e. The number of ether oxygens (including phenoxy) is 2. The summed E-state index contributed by atoms with van der Waals surface area (Å²) >= 11 is 0. The van der Waals surface area contributed by atoms with Gasteiger partial charge in [-0.1, -0.05) is 0 Å². The number of rotatable bonds is 6. The fourth-order valence-corrected chi connectivity index (χ4v) is 7.24. The fourth-order valence-electron chi connectivity index (χ4n) is 4.19. The van der Waals surface area contributed by atoms with E-state index in [0.29, 0.717) is 36.6 Å². The summed E-state index contributed by atoms with van der Waals surface area (Å²) in [4.78, 5) is 14.7. The van der Waals surface area contributed by atoms with Crippen LogP contribution in [0.2, 0.25) is 0 Å². The number of hydrogen-bond acceptors (Lipinski definition) is 7. The molecule has 2 aromatic rings. The van der Waals surface area contributed by atoms with Crippen molar-refractivity contribution in [2.75, 3.05) is 32.3 Å². The Hall–Kier alpha value is -2.63. The van der Waals surface area contributed by atoms with Crippen LogP contribution in [0.4, 0.5) is 0 Å². The van der Waals surface area contributed by atoms with Crippen LogP contribution in [0.1, 0.15) is 27.9 Å². The molecule has 2 aliphatic rings. The second-order valence-corrected chi connectivity index (χ2v) is 12.1. The number of sulfone groups is 1. The molecule has 0 radical (unpaired) electrons. The number of methoxy groups -OCH3 is 2. The Kier molecular flexibility index (Phi) is 6.39. The Balaban J connectivity index is 1.47. The maximum Gasteiger partial charge on any atom is 0.254 e. The van der Waals surface area contributed by atoms with Crippen LogP contribution < -0.4 is 14.2 Å². The van der Waals surface area contributed by atoms with E-state index in [2.05, 4.69) is 4.72 Å². The van der Waals surface area contributed by atoms with Crippen molar-refractivity contribution in [1.29, 1.82) is 0 Å². The molecule has 1 unspecified atom stereocenters. The van der Waals surface area contributed by atoms with E-state index in [4.69, 9.17) is 9.47 Å². The highest BCUT2D eigenvalue weighted by Crippen LogP contribution is 2.33. The van der Waals surface area contributed by atoms with E-state index in [9.17, 15) is 21.6 Å². The van der Waals surface area contributed by atoms with E-state index in [1.807, 2.05) is 12.1 Å². The maximum absolute atomic E-state index is 13.0. The number of benzene rings is 2. The van der Waals surface area contributed by atoms with Gasteiger partial charge in [-0.2, -0.15) is 0 Å². The Bertz CT molecular complexity index is 1270. The van der Waals surface area contributed by atoms with Crippen molar-refractivity contribution in [3.05, 3.63) is 53.1 Å². The molecular weight excluding hydrogens is 468 g/mol. The molecule has 4 rings (SSSR count). The lowest BCUT2D eigenvalue weighted by atomic mass is 9.98. The highest BCUT2D eigenvalue weighted by Gasteiger charge is 2.31. The van der Waals surface area contributed by atoms with E-state index in [1.54, 1.807) is 19.1 Å². The van der Waals surface area contributed by atoms with Crippen molar-refractivity contribution in [1.82, 2.24) is 9.62 Å². The van der Waals surface area contributed by atoms with E-state index in [-0.39, 0.29) is 28.7 Å². The van der Waals surface area contributed by atoms with Crippen molar-refractivity contribution in [3.8, 4) is 11.5 Å². The third-order valence-corrected chi connectivity index (χ3v) is 9.28. The van der Waals surface area contributed by atoms with Gasteiger partial charge in [0.05, 0.1) is 30.6 Å². The van der Waals surface area contributed by atoms with Crippen LogP contribution >= 0.6 is 0 Å². The Morgan fingerprint density at radius 3 is 2.27 bits per heavy atom. The van der Waals surface area contributed by atoms with Crippen molar-refractivity contribution in [3.63, 3.8) is 0 Å². The van der Waals surface area contributed by atoms with Gasteiger partial charge in [0, 0.05) is 24.7 Å². The molecule has 1 amide bonds. The van der Waals surface area contributed by atoms with Crippen molar-refractivity contribution in [2.24, 2.45) is 0 Å². The minimum absolute atomic E-state index is 0.0100. The second-order valence-electron chi connectivity index (χ2n) is 8.20.